The molecule has 2 heterocycles. The van der Waals surface area contributed by atoms with Gasteiger partial charge in [0, 0.05) is 30.6 Å². The maximum Gasteiger partial charge on any atom is 0.253 e. The number of hydrogen-bond acceptors (Lipinski definition) is 4. The lowest BCUT2D eigenvalue weighted by Crippen LogP contribution is -2.38. The highest BCUT2D eigenvalue weighted by atomic mass is 16.2. The molecule has 1 N–H and O–H groups in total. The molecule has 2 aliphatic rings. The fourth-order valence-corrected chi connectivity index (χ4v) is 5.08. The molecule has 0 unspecified atom stereocenters. The number of rotatable bonds is 5. The van der Waals surface area contributed by atoms with Gasteiger partial charge in [0.25, 0.3) is 5.91 Å². The van der Waals surface area contributed by atoms with Gasteiger partial charge in [-0.05, 0) is 66.8 Å². The third-order valence-electron chi connectivity index (χ3n) is 7.27. The number of hydrogen-bond donors (Lipinski definition) is 1. The van der Waals surface area contributed by atoms with Crippen molar-refractivity contribution in [2.24, 2.45) is 0 Å². The lowest BCUT2D eigenvalue weighted by atomic mass is 9.77. The molecule has 6 heteroatoms. The van der Waals surface area contributed by atoms with Gasteiger partial charge in [0.1, 0.15) is 5.82 Å². The zero-order valence-corrected chi connectivity index (χ0v) is 19.1. The number of carbonyl (C=O) groups is 1. The maximum absolute atomic E-state index is 13.4. The normalized spacial score (nSPS) is 16.9. The van der Waals surface area contributed by atoms with Gasteiger partial charge in [-0.2, -0.15) is 5.26 Å². The molecule has 1 saturated heterocycles. The fourth-order valence-electron chi connectivity index (χ4n) is 5.08. The number of carbonyl (C=O) groups excluding carboxylic acids is 1. The number of nitriles is 1. The van der Waals surface area contributed by atoms with Gasteiger partial charge < -0.3 is 9.88 Å². The molecule has 5 rings (SSSR count). The van der Waals surface area contributed by atoms with E-state index in [1.165, 1.54) is 24.8 Å². The zero-order valence-electron chi connectivity index (χ0n) is 19.1. The highest BCUT2D eigenvalue weighted by Gasteiger charge is 2.28. The summed E-state index contributed by atoms with van der Waals surface area (Å²) in [6.45, 7) is 3.45. The van der Waals surface area contributed by atoms with Crippen LogP contribution in [0.25, 0.3) is 11.4 Å². The topological polar surface area (TPSA) is 85.7 Å². The smallest absolute Gasteiger partial charge is 0.253 e. The van der Waals surface area contributed by atoms with Crippen LogP contribution < -0.4 is 0 Å². The second-order valence-electron chi connectivity index (χ2n) is 9.17. The van der Waals surface area contributed by atoms with Crippen molar-refractivity contribution >= 4 is 5.91 Å². The summed E-state index contributed by atoms with van der Waals surface area (Å²) < 4.78 is 0. The summed E-state index contributed by atoms with van der Waals surface area (Å²) in [6, 6.07) is 16.2. The summed E-state index contributed by atoms with van der Waals surface area (Å²) >= 11 is 0. The molecule has 0 radical (unpaired) electrons. The van der Waals surface area contributed by atoms with Gasteiger partial charge in [-0.1, -0.05) is 37.6 Å². The number of nitrogens with zero attached hydrogens (tertiary/aromatic N) is 4. The molecule has 1 saturated carbocycles. The van der Waals surface area contributed by atoms with Crippen LogP contribution in [0.5, 0.6) is 0 Å². The van der Waals surface area contributed by atoms with Crippen LogP contribution in [0.1, 0.15) is 83.7 Å². The van der Waals surface area contributed by atoms with Crippen molar-refractivity contribution in [3.05, 3.63) is 70.5 Å². The second kappa shape index (κ2) is 9.19. The number of aromatic amines is 1. The third kappa shape index (κ3) is 4.16. The molecule has 0 bridgehead atoms. The molecule has 0 atom stereocenters. The average Bonchev–Trinajstić information content (AvgIpc) is 3.32. The Hall–Kier alpha value is -3.46. The Bertz CT molecular complexity index is 1200. The quantitative estimate of drug-likeness (QED) is 0.592. The SMILES string of the molecule is CCc1nnc(-c2cc(C(=O)N3CCC(c4ccccc4C#N)CC3)ccc2C2CCC2)[nH]1. The van der Waals surface area contributed by atoms with Crippen molar-refractivity contribution < 1.29 is 4.79 Å². The number of aryl methyl sites for hydroxylation is 1. The summed E-state index contributed by atoms with van der Waals surface area (Å²) in [5.41, 5.74) is 4.84. The van der Waals surface area contributed by atoms with E-state index in [1.807, 2.05) is 41.3 Å². The van der Waals surface area contributed by atoms with Gasteiger partial charge in [0.2, 0.25) is 0 Å². The van der Waals surface area contributed by atoms with E-state index in [2.05, 4.69) is 34.2 Å². The number of aromatic nitrogens is 3. The molecule has 0 spiro atoms. The van der Waals surface area contributed by atoms with Gasteiger partial charge in [-0.15, -0.1) is 10.2 Å². The molecule has 2 aromatic carbocycles. The molecule has 3 aromatic rings. The van der Waals surface area contributed by atoms with Crippen LogP contribution in [-0.4, -0.2) is 39.1 Å². The Morgan fingerprint density at radius 3 is 2.48 bits per heavy atom. The van der Waals surface area contributed by atoms with Crippen LogP contribution in [0, 0.1) is 11.3 Å². The minimum atomic E-state index is 0.0682. The van der Waals surface area contributed by atoms with Crippen molar-refractivity contribution in [3.63, 3.8) is 0 Å². The van der Waals surface area contributed by atoms with Crippen LogP contribution in [0.4, 0.5) is 0 Å². The van der Waals surface area contributed by atoms with Gasteiger partial charge >= 0.3 is 0 Å². The number of nitrogens with one attached hydrogen (secondary N) is 1. The van der Waals surface area contributed by atoms with Crippen molar-refractivity contribution in [1.29, 1.82) is 5.26 Å². The molecule has 1 amide bonds. The van der Waals surface area contributed by atoms with Crippen molar-refractivity contribution in [2.75, 3.05) is 13.1 Å². The number of likely N-dealkylation sites (tertiary alicyclic amines) is 1. The van der Waals surface area contributed by atoms with E-state index < -0.39 is 0 Å². The molecule has 33 heavy (non-hydrogen) atoms. The number of amides is 1. The van der Waals surface area contributed by atoms with Crippen LogP contribution >= 0.6 is 0 Å². The number of benzene rings is 2. The van der Waals surface area contributed by atoms with Crippen LogP contribution in [-0.2, 0) is 6.42 Å². The van der Waals surface area contributed by atoms with Gasteiger partial charge in [-0.25, -0.2) is 0 Å². The zero-order chi connectivity index (χ0) is 22.8. The lowest BCUT2D eigenvalue weighted by Gasteiger charge is -2.33. The van der Waals surface area contributed by atoms with E-state index in [1.54, 1.807) is 0 Å². The van der Waals surface area contributed by atoms with Crippen LogP contribution in [0.3, 0.4) is 0 Å². The summed E-state index contributed by atoms with van der Waals surface area (Å²) in [7, 11) is 0. The van der Waals surface area contributed by atoms with Gasteiger partial charge in [-0.3, -0.25) is 4.79 Å². The first-order valence-corrected chi connectivity index (χ1v) is 12.0. The first-order chi connectivity index (χ1) is 16.2. The summed E-state index contributed by atoms with van der Waals surface area (Å²) in [4.78, 5) is 18.7. The number of H-pyrrole nitrogens is 1. The van der Waals surface area contributed by atoms with E-state index in [0.717, 1.165) is 47.6 Å². The minimum Gasteiger partial charge on any atom is -0.339 e. The Labute approximate surface area is 194 Å². The molecular weight excluding hydrogens is 410 g/mol. The predicted molar refractivity (Wildman–Crippen MR) is 127 cm³/mol. The molecule has 1 aliphatic heterocycles. The van der Waals surface area contributed by atoms with E-state index >= 15 is 0 Å². The lowest BCUT2D eigenvalue weighted by molar-refractivity contribution is 0.0713. The third-order valence-corrected chi connectivity index (χ3v) is 7.27. The molecule has 1 aromatic heterocycles. The van der Waals surface area contributed by atoms with E-state index in [4.69, 9.17) is 0 Å². The molecule has 2 fully saturated rings. The van der Waals surface area contributed by atoms with Crippen LogP contribution in [0.2, 0.25) is 0 Å². The number of piperidine rings is 1. The van der Waals surface area contributed by atoms with Crippen LogP contribution in [0.15, 0.2) is 42.5 Å². The van der Waals surface area contributed by atoms with Crippen molar-refractivity contribution in [1.82, 2.24) is 20.1 Å². The highest BCUT2D eigenvalue weighted by Crippen LogP contribution is 2.41. The molecular formula is C27H29N5O. The van der Waals surface area contributed by atoms with Gasteiger partial charge in [0.15, 0.2) is 5.82 Å². The Balaban J connectivity index is 1.36. The molecule has 1 aliphatic carbocycles. The summed E-state index contributed by atoms with van der Waals surface area (Å²) in [6.07, 6.45) is 6.18. The van der Waals surface area contributed by atoms with Crippen molar-refractivity contribution in [2.45, 2.75) is 57.3 Å². The summed E-state index contributed by atoms with van der Waals surface area (Å²) in [5, 5.41) is 18.1. The minimum absolute atomic E-state index is 0.0682. The predicted octanol–water partition coefficient (Wildman–Crippen LogP) is 5.19. The monoisotopic (exact) mass is 439 g/mol. The highest BCUT2D eigenvalue weighted by molar-refractivity contribution is 5.95. The Morgan fingerprint density at radius 2 is 1.82 bits per heavy atom. The second-order valence-corrected chi connectivity index (χ2v) is 9.17. The largest absolute Gasteiger partial charge is 0.339 e. The Kier molecular flexibility index (Phi) is 5.95. The summed E-state index contributed by atoms with van der Waals surface area (Å²) in [5.74, 6) is 2.55. The molecule has 6 nitrogen and oxygen atoms in total. The van der Waals surface area contributed by atoms with E-state index in [0.29, 0.717) is 30.5 Å². The average molecular weight is 440 g/mol. The van der Waals surface area contributed by atoms with E-state index in [-0.39, 0.29) is 5.91 Å². The molecule has 168 valence electrons. The van der Waals surface area contributed by atoms with Crippen molar-refractivity contribution in [3.8, 4) is 17.5 Å². The first-order valence-electron chi connectivity index (χ1n) is 12.0. The van der Waals surface area contributed by atoms with Gasteiger partial charge in [0.05, 0.1) is 11.6 Å². The fraction of sp³-hybridized carbons (Fsp3) is 0.407. The van der Waals surface area contributed by atoms with E-state index in [9.17, 15) is 10.1 Å². The maximum atomic E-state index is 13.4. The standard InChI is InChI=1S/C27H29N5O/c1-2-25-29-26(31-30-25)24-16-20(10-11-23(24)18-7-5-8-18)27(33)32-14-12-19(13-15-32)22-9-4-3-6-21(22)17-28/h3-4,6,9-11,16,18-19H,2,5,7-8,12-15H2,1H3,(H,29,30,31). The Morgan fingerprint density at radius 1 is 1.06 bits per heavy atom. The first kappa shape index (κ1) is 21.4.